The molecular formula is C13H21NO2S. The van der Waals surface area contributed by atoms with Crippen molar-refractivity contribution in [3.8, 4) is 0 Å². The zero-order valence-electron chi connectivity index (χ0n) is 11.0. The molecule has 0 heterocycles. The van der Waals surface area contributed by atoms with E-state index < -0.39 is 10.0 Å². The molecule has 0 amide bonds. The van der Waals surface area contributed by atoms with Gasteiger partial charge in [0.1, 0.15) is 0 Å². The van der Waals surface area contributed by atoms with Crippen LogP contribution in [0, 0.1) is 0 Å². The summed E-state index contributed by atoms with van der Waals surface area (Å²) in [6.45, 7) is 5.94. The minimum atomic E-state index is -3.16. The number of rotatable bonds is 5. The number of sulfonamides is 1. The molecular weight excluding hydrogens is 234 g/mol. The maximum Gasteiger partial charge on any atom is 0.216 e. The lowest BCUT2D eigenvalue weighted by Crippen LogP contribution is -2.32. The highest BCUT2D eigenvalue weighted by molar-refractivity contribution is 7.89. The summed E-state index contributed by atoms with van der Waals surface area (Å²) in [5.41, 5.74) is 2.29. The minimum absolute atomic E-state index is 0.373. The molecule has 1 aromatic carbocycles. The summed E-state index contributed by atoms with van der Waals surface area (Å²) in [4.78, 5) is 0. The molecule has 96 valence electrons. The van der Waals surface area contributed by atoms with E-state index in [0.717, 1.165) is 12.0 Å². The van der Waals surface area contributed by atoms with E-state index >= 15 is 0 Å². The third-order valence-corrected chi connectivity index (χ3v) is 5.06. The molecule has 0 aliphatic rings. The highest BCUT2D eigenvalue weighted by Gasteiger charge is 2.21. The molecule has 0 N–H and O–H groups in total. The van der Waals surface area contributed by atoms with Gasteiger partial charge in [-0.25, -0.2) is 12.7 Å². The summed E-state index contributed by atoms with van der Waals surface area (Å²) < 4.78 is 25.2. The molecule has 1 rings (SSSR count). The number of aryl methyl sites for hydroxylation is 1. The Balaban J connectivity index is 2.78. The second-order valence-corrected chi connectivity index (χ2v) is 7.12. The van der Waals surface area contributed by atoms with Gasteiger partial charge in [0.2, 0.25) is 10.0 Å². The smallest absolute Gasteiger partial charge is 0.212 e. The van der Waals surface area contributed by atoms with Gasteiger partial charge >= 0.3 is 0 Å². The molecule has 0 spiro atoms. The van der Waals surface area contributed by atoms with Crippen LogP contribution in [0.15, 0.2) is 24.3 Å². The SMILES string of the molecule is CCc1ccc(CN(C)S(=O)(=O)C(C)C)cc1. The Kier molecular flexibility index (Phi) is 4.71. The average molecular weight is 255 g/mol. The third kappa shape index (κ3) is 3.54. The maximum atomic E-state index is 11.9. The van der Waals surface area contributed by atoms with Crippen molar-refractivity contribution in [2.45, 2.75) is 39.0 Å². The van der Waals surface area contributed by atoms with Crippen LogP contribution in [0.2, 0.25) is 0 Å². The summed E-state index contributed by atoms with van der Waals surface area (Å²) >= 11 is 0. The quantitative estimate of drug-likeness (QED) is 0.810. The first kappa shape index (κ1) is 14.2. The molecule has 4 heteroatoms. The highest BCUT2D eigenvalue weighted by Crippen LogP contribution is 2.12. The minimum Gasteiger partial charge on any atom is -0.212 e. The van der Waals surface area contributed by atoms with Crippen molar-refractivity contribution in [1.29, 1.82) is 0 Å². The standard InChI is InChI=1S/C13H21NO2S/c1-5-12-6-8-13(9-7-12)10-14(4)17(15,16)11(2)3/h6-9,11H,5,10H2,1-4H3. The Morgan fingerprint density at radius 3 is 2.00 bits per heavy atom. The van der Waals surface area contributed by atoms with Gasteiger partial charge in [0.05, 0.1) is 5.25 Å². The van der Waals surface area contributed by atoms with Crippen LogP contribution in [-0.4, -0.2) is 25.0 Å². The normalized spacial score (nSPS) is 12.4. The summed E-state index contributed by atoms with van der Waals surface area (Å²) in [5, 5.41) is -0.373. The molecule has 0 radical (unpaired) electrons. The van der Waals surface area contributed by atoms with E-state index in [1.807, 2.05) is 24.3 Å². The van der Waals surface area contributed by atoms with Crippen LogP contribution in [0.3, 0.4) is 0 Å². The number of benzene rings is 1. The average Bonchev–Trinajstić information content (AvgIpc) is 2.29. The fourth-order valence-corrected chi connectivity index (χ4v) is 2.64. The van der Waals surface area contributed by atoms with Crippen LogP contribution in [0.4, 0.5) is 0 Å². The number of hydrogen-bond donors (Lipinski definition) is 0. The van der Waals surface area contributed by atoms with Gasteiger partial charge < -0.3 is 0 Å². The fraction of sp³-hybridized carbons (Fsp3) is 0.538. The number of nitrogens with zero attached hydrogens (tertiary/aromatic N) is 1. The Hall–Kier alpha value is -0.870. The van der Waals surface area contributed by atoms with Crippen molar-refractivity contribution >= 4 is 10.0 Å². The molecule has 0 bridgehead atoms. The third-order valence-electron chi connectivity index (χ3n) is 2.87. The van der Waals surface area contributed by atoms with Gasteiger partial charge in [-0.2, -0.15) is 0 Å². The van der Waals surface area contributed by atoms with Crippen LogP contribution >= 0.6 is 0 Å². The molecule has 0 saturated heterocycles. The molecule has 1 aromatic rings. The first-order valence-corrected chi connectivity index (χ1v) is 7.41. The number of hydrogen-bond acceptors (Lipinski definition) is 2. The second kappa shape index (κ2) is 5.65. The Morgan fingerprint density at radius 2 is 1.59 bits per heavy atom. The molecule has 0 saturated carbocycles. The van der Waals surface area contributed by atoms with Crippen LogP contribution in [0.5, 0.6) is 0 Å². The van der Waals surface area contributed by atoms with Gasteiger partial charge in [-0.3, -0.25) is 0 Å². The molecule has 0 aliphatic heterocycles. The summed E-state index contributed by atoms with van der Waals surface area (Å²) in [7, 11) is -1.53. The fourth-order valence-electron chi connectivity index (χ4n) is 1.59. The van der Waals surface area contributed by atoms with Crippen LogP contribution in [0.1, 0.15) is 31.9 Å². The largest absolute Gasteiger partial charge is 0.216 e. The van der Waals surface area contributed by atoms with E-state index in [0.29, 0.717) is 6.54 Å². The molecule has 0 aliphatic carbocycles. The molecule has 0 atom stereocenters. The zero-order chi connectivity index (χ0) is 13.1. The van der Waals surface area contributed by atoms with E-state index in [4.69, 9.17) is 0 Å². The van der Waals surface area contributed by atoms with E-state index in [9.17, 15) is 8.42 Å². The Labute approximate surface area is 105 Å². The van der Waals surface area contributed by atoms with Gasteiger partial charge in [0.15, 0.2) is 0 Å². The van der Waals surface area contributed by atoms with Crippen molar-refractivity contribution < 1.29 is 8.42 Å². The van der Waals surface area contributed by atoms with Crippen molar-refractivity contribution in [2.24, 2.45) is 0 Å². The molecule has 0 unspecified atom stereocenters. The van der Waals surface area contributed by atoms with Crippen molar-refractivity contribution in [2.75, 3.05) is 7.05 Å². The first-order valence-electron chi connectivity index (χ1n) is 5.91. The molecule has 0 fully saturated rings. The summed E-state index contributed by atoms with van der Waals surface area (Å²) in [6, 6.07) is 8.08. The van der Waals surface area contributed by atoms with Crippen LogP contribution in [-0.2, 0) is 23.0 Å². The van der Waals surface area contributed by atoms with E-state index in [-0.39, 0.29) is 5.25 Å². The van der Waals surface area contributed by atoms with Gasteiger partial charge in [0.25, 0.3) is 0 Å². The van der Waals surface area contributed by atoms with Gasteiger partial charge in [0, 0.05) is 13.6 Å². The van der Waals surface area contributed by atoms with E-state index in [1.165, 1.54) is 9.87 Å². The van der Waals surface area contributed by atoms with E-state index in [1.54, 1.807) is 20.9 Å². The highest BCUT2D eigenvalue weighted by atomic mass is 32.2. The summed E-state index contributed by atoms with van der Waals surface area (Å²) in [5.74, 6) is 0. The maximum absolute atomic E-state index is 11.9. The monoisotopic (exact) mass is 255 g/mol. The molecule has 0 aromatic heterocycles. The lowest BCUT2D eigenvalue weighted by atomic mass is 10.1. The van der Waals surface area contributed by atoms with Gasteiger partial charge in [-0.15, -0.1) is 0 Å². The lowest BCUT2D eigenvalue weighted by molar-refractivity contribution is 0.459. The molecule has 17 heavy (non-hydrogen) atoms. The zero-order valence-corrected chi connectivity index (χ0v) is 11.8. The van der Waals surface area contributed by atoms with Gasteiger partial charge in [-0.05, 0) is 31.4 Å². The topological polar surface area (TPSA) is 37.4 Å². The summed E-state index contributed by atoms with van der Waals surface area (Å²) in [6.07, 6.45) is 1.00. The van der Waals surface area contributed by atoms with Crippen LogP contribution < -0.4 is 0 Å². The van der Waals surface area contributed by atoms with Gasteiger partial charge in [-0.1, -0.05) is 31.2 Å². The predicted octanol–water partition coefficient (Wildman–Crippen LogP) is 2.42. The molecule has 3 nitrogen and oxygen atoms in total. The first-order chi connectivity index (χ1) is 7.87. The second-order valence-electron chi connectivity index (χ2n) is 4.52. The predicted molar refractivity (Wildman–Crippen MR) is 71.3 cm³/mol. The van der Waals surface area contributed by atoms with Crippen molar-refractivity contribution in [3.05, 3.63) is 35.4 Å². The Bertz CT molecular complexity index is 449. The Morgan fingerprint density at radius 1 is 1.12 bits per heavy atom. The van der Waals surface area contributed by atoms with Crippen molar-refractivity contribution in [1.82, 2.24) is 4.31 Å². The van der Waals surface area contributed by atoms with Crippen LogP contribution in [0.25, 0.3) is 0 Å². The van der Waals surface area contributed by atoms with E-state index in [2.05, 4.69) is 6.92 Å². The van der Waals surface area contributed by atoms with Crippen molar-refractivity contribution in [3.63, 3.8) is 0 Å². The lowest BCUT2D eigenvalue weighted by Gasteiger charge is -2.19.